The molecule has 0 unspecified atom stereocenters. The van der Waals surface area contributed by atoms with E-state index < -0.39 is 10.0 Å². The molecular weight excluding hydrogens is 292 g/mol. The molecule has 0 saturated carbocycles. The van der Waals surface area contributed by atoms with Crippen LogP contribution in [0.3, 0.4) is 0 Å². The van der Waals surface area contributed by atoms with E-state index in [1.54, 1.807) is 28.6 Å². The van der Waals surface area contributed by atoms with Crippen molar-refractivity contribution in [1.82, 2.24) is 4.31 Å². The molecule has 0 radical (unpaired) electrons. The molecule has 0 bridgehead atoms. The first-order valence-corrected chi connectivity index (χ1v) is 8.48. The van der Waals surface area contributed by atoms with Gasteiger partial charge in [0, 0.05) is 18.7 Å². The van der Waals surface area contributed by atoms with Gasteiger partial charge in [-0.15, -0.1) is 0 Å². The van der Waals surface area contributed by atoms with Gasteiger partial charge in [0.15, 0.2) is 0 Å². The number of hydrogen-bond donors (Lipinski definition) is 1. The summed E-state index contributed by atoms with van der Waals surface area (Å²) >= 11 is 4.96. The molecule has 1 aliphatic rings. The highest BCUT2D eigenvalue weighted by Crippen LogP contribution is 2.32. The quantitative estimate of drug-likeness (QED) is 0.869. The van der Waals surface area contributed by atoms with Gasteiger partial charge in [-0.1, -0.05) is 44.3 Å². The topological polar surface area (TPSA) is 63.4 Å². The Balaban J connectivity index is 2.43. The molecule has 1 aromatic rings. The molecule has 6 heteroatoms. The van der Waals surface area contributed by atoms with Crippen LogP contribution in [0.15, 0.2) is 29.2 Å². The summed E-state index contributed by atoms with van der Waals surface area (Å²) in [7, 11) is -3.54. The average Bonchev–Trinajstić information content (AvgIpc) is 2.37. The van der Waals surface area contributed by atoms with Gasteiger partial charge in [0.2, 0.25) is 10.0 Å². The lowest BCUT2D eigenvalue weighted by Crippen LogP contribution is -2.43. The first-order valence-electron chi connectivity index (χ1n) is 6.63. The lowest BCUT2D eigenvalue weighted by molar-refractivity contribution is 0.187. The summed E-state index contributed by atoms with van der Waals surface area (Å²) in [4.78, 5) is 0.325. The molecule has 0 aliphatic carbocycles. The van der Waals surface area contributed by atoms with E-state index in [4.69, 9.17) is 18.0 Å². The van der Waals surface area contributed by atoms with Gasteiger partial charge in [0.05, 0.1) is 4.90 Å². The smallest absolute Gasteiger partial charge is 0.243 e. The maximum absolute atomic E-state index is 12.8. The molecule has 0 spiro atoms. The largest absolute Gasteiger partial charge is 0.389 e. The van der Waals surface area contributed by atoms with Crippen LogP contribution < -0.4 is 5.73 Å². The van der Waals surface area contributed by atoms with E-state index in [-0.39, 0.29) is 15.3 Å². The Hall–Kier alpha value is -0.980. The van der Waals surface area contributed by atoms with Crippen molar-refractivity contribution in [3.05, 3.63) is 29.8 Å². The van der Waals surface area contributed by atoms with E-state index >= 15 is 0 Å². The predicted octanol–water partition coefficient (Wildman–Crippen LogP) is 2.13. The van der Waals surface area contributed by atoms with Crippen LogP contribution in [-0.2, 0) is 10.0 Å². The Morgan fingerprint density at radius 1 is 1.35 bits per heavy atom. The van der Waals surface area contributed by atoms with Crippen molar-refractivity contribution in [3.63, 3.8) is 0 Å². The number of hydrogen-bond acceptors (Lipinski definition) is 3. The van der Waals surface area contributed by atoms with Crippen molar-refractivity contribution >= 4 is 27.2 Å². The van der Waals surface area contributed by atoms with Gasteiger partial charge in [0.1, 0.15) is 4.99 Å². The highest BCUT2D eigenvalue weighted by Gasteiger charge is 2.35. The molecule has 110 valence electrons. The van der Waals surface area contributed by atoms with Crippen LogP contribution in [0.1, 0.15) is 32.3 Å². The summed E-state index contributed by atoms with van der Waals surface area (Å²) in [5, 5.41) is 0. The molecule has 0 aromatic heterocycles. The molecule has 1 heterocycles. The predicted molar refractivity (Wildman–Crippen MR) is 84.1 cm³/mol. The van der Waals surface area contributed by atoms with Gasteiger partial charge < -0.3 is 5.73 Å². The zero-order valence-corrected chi connectivity index (χ0v) is 13.4. The van der Waals surface area contributed by atoms with E-state index in [2.05, 4.69) is 13.8 Å². The van der Waals surface area contributed by atoms with Crippen LogP contribution in [0.2, 0.25) is 0 Å². The molecular formula is C14H20N2O2S2. The normalized spacial score (nSPS) is 19.7. The first-order chi connectivity index (χ1) is 9.24. The number of rotatable bonds is 3. The number of piperidine rings is 1. The Bertz CT molecular complexity index is 624. The number of thiocarbonyl (C=S) groups is 1. The van der Waals surface area contributed by atoms with Gasteiger partial charge in [-0.25, -0.2) is 8.42 Å². The van der Waals surface area contributed by atoms with Gasteiger partial charge in [0.25, 0.3) is 0 Å². The number of sulfonamides is 1. The minimum Gasteiger partial charge on any atom is -0.389 e. The maximum Gasteiger partial charge on any atom is 0.243 e. The van der Waals surface area contributed by atoms with Crippen molar-refractivity contribution in [2.75, 3.05) is 13.1 Å². The third-order valence-electron chi connectivity index (χ3n) is 3.64. The van der Waals surface area contributed by atoms with Gasteiger partial charge in [-0.3, -0.25) is 0 Å². The average molecular weight is 312 g/mol. The highest BCUT2D eigenvalue weighted by molar-refractivity contribution is 7.89. The third kappa shape index (κ3) is 3.02. The Kier molecular flexibility index (Phi) is 4.18. The summed E-state index contributed by atoms with van der Waals surface area (Å²) in [6, 6.07) is 6.67. The molecule has 2 rings (SSSR count). The van der Waals surface area contributed by atoms with E-state index in [1.165, 1.54) is 0 Å². The zero-order valence-electron chi connectivity index (χ0n) is 11.8. The number of nitrogens with two attached hydrogens (primary N) is 1. The van der Waals surface area contributed by atoms with E-state index in [0.29, 0.717) is 18.7 Å². The summed E-state index contributed by atoms with van der Waals surface area (Å²) in [5.41, 5.74) is 6.07. The van der Waals surface area contributed by atoms with Gasteiger partial charge in [-0.2, -0.15) is 4.31 Å². The lowest BCUT2D eigenvalue weighted by Gasteiger charge is -2.37. The van der Waals surface area contributed by atoms with Gasteiger partial charge in [-0.05, 0) is 24.3 Å². The fraction of sp³-hybridized carbons (Fsp3) is 0.500. The van der Waals surface area contributed by atoms with Crippen molar-refractivity contribution < 1.29 is 8.42 Å². The maximum atomic E-state index is 12.8. The summed E-state index contributed by atoms with van der Waals surface area (Å²) < 4.78 is 27.2. The molecule has 20 heavy (non-hydrogen) atoms. The van der Waals surface area contributed by atoms with Crippen molar-refractivity contribution in [3.8, 4) is 0 Å². The molecule has 1 aliphatic heterocycles. The number of benzene rings is 1. The van der Waals surface area contributed by atoms with Crippen LogP contribution in [0.4, 0.5) is 0 Å². The molecule has 0 atom stereocenters. The van der Waals surface area contributed by atoms with Crippen LogP contribution in [0.25, 0.3) is 0 Å². The monoisotopic (exact) mass is 312 g/mol. The molecule has 0 amide bonds. The number of nitrogens with zero attached hydrogens (tertiary/aromatic N) is 1. The second-order valence-electron chi connectivity index (χ2n) is 5.97. The van der Waals surface area contributed by atoms with Crippen LogP contribution in [0, 0.1) is 5.41 Å². The van der Waals surface area contributed by atoms with E-state index in [1.807, 2.05) is 0 Å². The molecule has 2 N–H and O–H groups in total. The standard InChI is InChI=1S/C14H20N2O2S2/c1-14(2)8-5-9-16(10-14)20(17,18)12-7-4-3-6-11(12)13(15)19/h3-4,6-7H,5,8-10H2,1-2H3,(H2,15,19). The zero-order chi connectivity index (χ0) is 15.0. The highest BCUT2D eigenvalue weighted by atomic mass is 32.2. The van der Waals surface area contributed by atoms with E-state index in [9.17, 15) is 8.42 Å². The fourth-order valence-corrected chi connectivity index (χ4v) is 4.72. The van der Waals surface area contributed by atoms with Crippen LogP contribution >= 0.6 is 12.2 Å². The van der Waals surface area contributed by atoms with Gasteiger partial charge >= 0.3 is 0 Å². The Morgan fingerprint density at radius 2 is 2.00 bits per heavy atom. The molecule has 1 saturated heterocycles. The summed E-state index contributed by atoms with van der Waals surface area (Å²) in [5.74, 6) is 0. The SMILES string of the molecule is CC1(C)CCCN(S(=O)(=O)c2ccccc2C(N)=S)C1. The fourth-order valence-electron chi connectivity index (χ4n) is 2.61. The third-order valence-corrected chi connectivity index (χ3v) is 5.76. The minimum absolute atomic E-state index is 0.00346. The molecule has 1 aromatic carbocycles. The van der Waals surface area contributed by atoms with Crippen LogP contribution in [0.5, 0.6) is 0 Å². The van der Waals surface area contributed by atoms with E-state index in [0.717, 1.165) is 12.8 Å². The first kappa shape index (κ1) is 15.4. The minimum atomic E-state index is -3.54. The second kappa shape index (κ2) is 5.42. The second-order valence-corrected chi connectivity index (χ2v) is 8.31. The Labute approximate surface area is 126 Å². The summed E-state index contributed by atoms with van der Waals surface area (Å²) in [6.07, 6.45) is 1.91. The van der Waals surface area contributed by atoms with Crippen molar-refractivity contribution in [1.29, 1.82) is 0 Å². The van der Waals surface area contributed by atoms with Crippen molar-refractivity contribution in [2.24, 2.45) is 11.1 Å². The Morgan fingerprint density at radius 3 is 2.60 bits per heavy atom. The lowest BCUT2D eigenvalue weighted by atomic mass is 9.85. The molecule has 4 nitrogen and oxygen atoms in total. The van der Waals surface area contributed by atoms with Crippen LogP contribution in [-0.4, -0.2) is 30.8 Å². The summed E-state index contributed by atoms with van der Waals surface area (Å²) in [6.45, 7) is 5.26. The molecule has 1 fully saturated rings. The van der Waals surface area contributed by atoms with Crippen molar-refractivity contribution in [2.45, 2.75) is 31.6 Å².